The highest BCUT2D eigenvalue weighted by Crippen LogP contribution is 2.15. The highest BCUT2D eigenvalue weighted by atomic mass is 16.5. The van der Waals surface area contributed by atoms with E-state index in [9.17, 15) is 19.5 Å². The lowest BCUT2D eigenvalue weighted by Crippen LogP contribution is -2.49. The lowest BCUT2D eigenvalue weighted by molar-refractivity contribution is -0.142. The van der Waals surface area contributed by atoms with E-state index in [0.29, 0.717) is 23.9 Å². The van der Waals surface area contributed by atoms with Gasteiger partial charge in [0.25, 0.3) is 5.91 Å². The van der Waals surface area contributed by atoms with Gasteiger partial charge in [-0.25, -0.2) is 19.6 Å². The zero-order chi connectivity index (χ0) is 28.2. The minimum Gasteiger partial charge on any atom is -0.508 e. The highest BCUT2D eigenvalue weighted by molar-refractivity contribution is 5.98. The van der Waals surface area contributed by atoms with Crippen molar-refractivity contribution >= 4 is 23.9 Å². The van der Waals surface area contributed by atoms with Gasteiger partial charge in [0.1, 0.15) is 18.4 Å². The molecule has 0 saturated heterocycles. The SMILES string of the molecule is COC(=O)[C@H](CNC(=O)OCc1ccccc1)NC(=O)c1c(C)nc(NCCCc2cccc(O)c2)nc1C. The Balaban J connectivity index is 1.54. The molecule has 0 saturated carbocycles. The first-order chi connectivity index (χ1) is 18.8. The fraction of sp³-hybridized carbons (Fsp3) is 0.321. The van der Waals surface area contributed by atoms with E-state index in [1.165, 1.54) is 7.11 Å². The molecule has 11 nitrogen and oxygen atoms in total. The van der Waals surface area contributed by atoms with Gasteiger partial charge in [-0.2, -0.15) is 0 Å². The van der Waals surface area contributed by atoms with Crippen LogP contribution in [-0.4, -0.2) is 59.3 Å². The Kier molecular flexibility index (Phi) is 10.6. The molecule has 2 amide bonds. The molecule has 3 rings (SSSR count). The number of nitrogens with one attached hydrogen (secondary N) is 3. The third-order valence-corrected chi connectivity index (χ3v) is 5.79. The molecule has 0 spiro atoms. The molecule has 0 radical (unpaired) electrons. The number of methoxy groups -OCH3 is 1. The van der Waals surface area contributed by atoms with Crippen LogP contribution in [0.2, 0.25) is 0 Å². The van der Waals surface area contributed by atoms with Crippen LogP contribution in [-0.2, 0) is 27.3 Å². The van der Waals surface area contributed by atoms with Gasteiger partial charge in [0.2, 0.25) is 5.95 Å². The van der Waals surface area contributed by atoms with Crippen LogP contribution in [0.4, 0.5) is 10.7 Å². The van der Waals surface area contributed by atoms with Crippen molar-refractivity contribution in [2.75, 3.05) is 25.5 Å². The van der Waals surface area contributed by atoms with E-state index in [2.05, 4.69) is 25.9 Å². The van der Waals surface area contributed by atoms with Crippen LogP contribution in [0.25, 0.3) is 0 Å². The van der Waals surface area contributed by atoms with Crippen LogP contribution in [0, 0.1) is 13.8 Å². The maximum Gasteiger partial charge on any atom is 0.407 e. The van der Waals surface area contributed by atoms with Gasteiger partial charge in [-0.05, 0) is 49.9 Å². The van der Waals surface area contributed by atoms with Crippen molar-refractivity contribution < 1.29 is 29.0 Å². The maximum atomic E-state index is 13.0. The highest BCUT2D eigenvalue weighted by Gasteiger charge is 2.25. The fourth-order valence-electron chi connectivity index (χ4n) is 3.85. The van der Waals surface area contributed by atoms with Crippen molar-refractivity contribution in [2.24, 2.45) is 0 Å². The molecule has 39 heavy (non-hydrogen) atoms. The van der Waals surface area contributed by atoms with Gasteiger partial charge in [0, 0.05) is 6.54 Å². The molecule has 0 bridgehead atoms. The fourth-order valence-corrected chi connectivity index (χ4v) is 3.85. The number of carbonyl (C=O) groups is 3. The number of nitrogens with zero attached hydrogens (tertiary/aromatic N) is 2. The summed E-state index contributed by atoms with van der Waals surface area (Å²) in [5.41, 5.74) is 2.91. The quantitative estimate of drug-likeness (QED) is 0.203. The second-order valence-electron chi connectivity index (χ2n) is 8.79. The number of amides is 2. The van der Waals surface area contributed by atoms with Crippen molar-refractivity contribution in [3.05, 3.63) is 82.7 Å². The number of benzene rings is 2. The Morgan fingerprint density at radius 1 is 0.974 bits per heavy atom. The van der Waals surface area contributed by atoms with Crippen LogP contribution >= 0.6 is 0 Å². The summed E-state index contributed by atoms with van der Waals surface area (Å²) < 4.78 is 9.93. The van der Waals surface area contributed by atoms with Gasteiger partial charge in [-0.3, -0.25) is 4.79 Å². The Hall–Kier alpha value is -4.67. The molecule has 1 heterocycles. The summed E-state index contributed by atoms with van der Waals surface area (Å²) in [6.07, 6.45) is 0.814. The molecule has 0 aliphatic carbocycles. The molecule has 0 fully saturated rings. The molecular formula is C28H33N5O6. The summed E-state index contributed by atoms with van der Waals surface area (Å²) in [6, 6.07) is 15.1. The number of aromatic hydroxyl groups is 1. The summed E-state index contributed by atoms with van der Waals surface area (Å²) in [4.78, 5) is 46.2. The molecule has 0 aliphatic heterocycles. The predicted octanol–water partition coefficient (Wildman–Crippen LogP) is 3.04. The summed E-state index contributed by atoms with van der Waals surface area (Å²) in [5.74, 6) is -0.690. The second-order valence-corrected chi connectivity index (χ2v) is 8.79. The maximum absolute atomic E-state index is 13.0. The molecule has 2 aromatic carbocycles. The van der Waals surface area contributed by atoms with Crippen molar-refractivity contribution in [2.45, 2.75) is 39.3 Å². The van der Waals surface area contributed by atoms with E-state index < -0.39 is 24.0 Å². The van der Waals surface area contributed by atoms with Crippen LogP contribution in [0.15, 0.2) is 54.6 Å². The normalized spacial score (nSPS) is 11.3. The van der Waals surface area contributed by atoms with E-state index in [4.69, 9.17) is 9.47 Å². The number of esters is 1. The number of ether oxygens (including phenoxy) is 2. The summed E-state index contributed by atoms with van der Waals surface area (Å²) >= 11 is 0. The lowest BCUT2D eigenvalue weighted by atomic mass is 10.1. The smallest absolute Gasteiger partial charge is 0.407 e. The Morgan fingerprint density at radius 2 is 1.67 bits per heavy atom. The van der Waals surface area contributed by atoms with Crippen molar-refractivity contribution in [3.8, 4) is 5.75 Å². The largest absolute Gasteiger partial charge is 0.508 e. The first kappa shape index (κ1) is 28.9. The van der Waals surface area contributed by atoms with Gasteiger partial charge in [-0.15, -0.1) is 0 Å². The number of phenols is 1. The van der Waals surface area contributed by atoms with Gasteiger partial charge < -0.3 is 30.5 Å². The minimum absolute atomic E-state index is 0.0634. The molecule has 1 atom stereocenters. The number of alkyl carbamates (subject to hydrolysis) is 1. The molecule has 11 heteroatoms. The first-order valence-electron chi connectivity index (χ1n) is 12.5. The number of rotatable bonds is 12. The monoisotopic (exact) mass is 535 g/mol. The van der Waals surface area contributed by atoms with E-state index in [0.717, 1.165) is 24.0 Å². The standard InChI is InChI=1S/C28H33N5O6/c1-18-24(19(2)32-27(31-18)29-14-8-12-20-11-7-13-22(34)15-20)25(35)33-23(26(36)38-3)16-30-28(37)39-17-21-9-5-4-6-10-21/h4-7,9-11,13,15,23,34H,8,12,14,16-17H2,1-3H3,(H,30,37)(H,33,35)(H,29,31,32)/t23-/m0/s1. The number of hydrogen-bond donors (Lipinski definition) is 4. The number of carbonyl (C=O) groups excluding carboxylic acids is 3. The second kappa shape index (κ2) is 14.3. The Morgan fingerprint density at radius 3 is 2.33 bits per heavy atom. The zero-order valence-electron chi connectivity index (χ0n) is 22.2. The van der Waals surface area contributed by atoms with Gasteiger partial charge in [0.05, 0.1) is 30.6 Å². The average Bonchev–Trinajstić information content (AvgIpc) is 2.92. The van der Waals surface area contributed by atoms with Crippen molar-refractivity contribution in [1.82, 2.24) is 20.6 Å². The molecule has 0 aliphatic rings. The third-order valence-electron chi connectivity index (χ3n) is 5.79. The molecule has 1 aromatic heterocycles. The van der Waals surface area contributed by atoms with Crippen LogP contribution < -0.4 is 16.0 Å². The van der Waals surface area contributed by atoms with Gasteiger partial charge >= 0.3 is 12.1 Å². The van der Waals surface area contributed by atoms with E-state index in [1.54, 1.807) is 32.0 Å². The predicted molar refractivity (Wildman–Crippen MR) is 144 cm³/mol. The van der Waals surface area contributed by atoms with Crippen molar-refractivity contribution in [3.63, 3.8) is 0 Å². The molecule has 0 unspecified atom stereocenters. The average molecular weight is 536 g/mol. The first-order valence-corrected chi connectivity index (χ1v) is 12.5. The van der Waals surface area contributed by atoms with Gasteiger partial charge in [-0.1, -0.05) is 42.5 Å². The number of phenolic OH excluding ortho intramolecular Hbond substituents is 1. The van der Waals surface area contributed by atoms with E-state index >= 15 is 0 Å². The number of anilines is 1. The van der Waals surface area contributed by atoms with Crippen molar-refractivity contribution in [1.29, 1.82) is 0 Å². The topological polar surface area (TPSA) is 152 Å². The summed E-state index contributed by atoms with van der Waals surface area (Å²) in [7, 11) is 1.19. The number of hydrogen-bond acceptors (Lipinski definition) is 9. The molecule has 206 valence electrons. The lowest BCUT2D eigenvalue weighted by Gasteiger charge is -2.18. The Labute approximate surface area is 227 Å². The zero-order valence-corrected chi connectivity index (χ0v) is 22.2. The molecule has 4 N–H and O–H groups in total. The van der Waals surface area contributed by atoms with Crippen LogP contribution in [0.3, 0.4) is 0 Å². The minimum atomic E-state index is -1.15. The number of aryl methyl sites for hydroxylation is 3. The summed E-state index contributed by atoms with van der Waals surface area (Å²) in [5, 5.41) is 17.8. The van der Waals surface area contributed by atoms with E-state index in [1.807, 2.05) is 36.4 Å². The third kappa shape index (κ3) is 8.99. The van der Waals surface area contributed by atoms with Crippen LogP contribution in [0.5, 0.6) is 5.75 Å². The number of aromatic nitrogens is 2. The molecular weight excluding hydrogens is 502 g/mol. The van der Waals surface area contributed by atoms with Gasteiger partial charge in [0.15, 0.2) is 0 Å². The Bertz CT molecular complexity index is 1260. The summed E-state index contributed by atoms with van der Waals surface area (Å²) in [6.45, 7) is 3.77. The van der Waals surface area contributed by atoms with Crippen LogP contribution in [0.1, 0.15) is 39.3 Å². The van der Waals surface area contributed by atoms with E-state index in [-0.39, 0.29) is 24.5 Å². The molecule has 3 aromatic rings.